The molecule has 0 aromatic heterocycles. The average molecular weight is 362 g/mol. The van der Waals surface area contributed by atoms with Gasteiger partial charge in [0.25, 0.3) is 0 Å². The van der Waals surface area contributed by atoms with Gasteiger partial charge < -0.3 is 9.80 Å². The third-order valence-electron chi connectivity index (χ3n) is 5.94. The molecule has 4 rings (SSSR count). The quantitative estimate of drug-likeness (QED) is 0.831. The third-order valence-corrected chi connectivity index (χ3v) is 5.94. The summed E-state index contributed by atoms with van der Waals surface area (Å²) >= 11 is 0. The van der Waals surface area contributed by atoms with Gasteiger partial charge in [-0.05, 0) is 36.0 Å². The number of benzene rings is 2. The average Bonchev–Trinajstić information content (AvgIpc) is 3.18. The highest BCUT2D eigenvalue weighted by molar-refractivity contribution is 5.80. The highest BCUT2D eigenvalue weighted by Gasteiger charge is 2.35. The number of hydrogen-bond donors (Lipinski definition) is 0. The summed E-state index contributed by atoms with van der Waals surface area (Å²) in [5.74, 6) is 0.192. The lowest BCUT2D eigenvalue weighted by Gasteiger charge is -2.38. The molecule has 2 unspecified atom stereocenters. The van der Waals surface area contributed by atoms with Crippen LogP contribution in [-0.2, 0) is 16.0 Å². The summed E-state index contributed by atoms with van der Waals surface area (Å²) in [4.78, 5) is 29.4. The molecular weight excluding hydrogens is 336 g/mol. The summed E-state index contributed by atoms with van der Waals surface area (Å²) in [7, 11) is 0. The van der Waals surface area contributed by atoms with E-state index in [0.717, 1.165) is 31.4 Å². The van der Waals surface area contributed by atoms with E-state index in [2.05, 4.69) is 24.3 Å². The second kappa shape index (κ2) is 7.55. The zero-order chi connectivity index (χ0) is 18.8. The van der Waals surface area contributed by atoms with Gasteiger partial charge in [-0.1, -0.05) is 54.6 Å². The van der Waals surface area contributed by atoms with E-state index in [4.69, 9.17) is 0 Å². The Labute approximate surface area is 160 Å². The van der Waals surface area contributed by atoms with Crippen molar-refractivity contribution in [2.75, 3.05) is 13.1 Å². The van der Waals surface area contributed by atoms with E-state index >= 15 is 0 Å². The Bertz CT molecular complexity index is 833. The molecule has 0 saturated carbocycles. The van der Waals surface area contributed by atoms with E-state index in [0.29, 0.717) is 13.0 Å². The van der Waals surface area contributed by atoms with E-state index in [1.54, 1.807) is 6.92 Å². The van der Waals surface area contributed by atoms with Crippen LogP contribution in [0.25, 0.3) is 0 Å². The van der Waals surface area contributed by atoms with Crippen LogP contribution in [0.3, 0.4) is 0 Å². The minimum absolute atomic E-state index is 0.0448. The molecule has 27 heavy (non-hydrogen) atoms. The lowest BCUT2D eigenvalue weighted by atomic mass is 9.90. The molecule has 0 radical (unpaired) electrons. The second-order valence-electron chi connectivity index (χ2n) is 7.54. The smallest absolute Gasteiger partial charge is 0.225 e. The van der Waals surface area contributed by atoms with Crippen LogP contribution in [0.2, 0.25) is 0 Å². The fourth-order valence-corrected chi connectivity index (χ4v) is 4.62. The van der Waals surface area contributed by atoms with Gasteiger partial charge in [-0.25, -0.2) is 0 Å². The van der Waals surface area contributed by atoms with Crippen molar-refractivity contribution in [3.63, 3.8) is 0 Å². The Morgan fingerprint density at radius 3 is 2.48 bits per heavy atom. The van der Waals surface area contributed by atoms with E-state index in [1.165, 1.54) is 11.1 Å². The van der Waals surface area contributed by atoms with Gasteiger partial charge in [-0.2, -0.15) is 0 Å². The summed E-state index contributed by atoms with van der Waals surface area (Å²) in [6, 6.07) is 18.5. The number of rotatable bonds is 3. The van der Waals surface area contributed by atoms with Crippen molar-refractivity contribution in [1.82, 2.24) is 9.80 Å². The summed E-state index contributed by atoms with van der Waals surface area (Å²) < 4.78 is 0. The zero-order valence-corrected chi connectivity index (χ0v) is 15.8. The van der Waals surface area contributed by atoms with Crippen LogP contribution in [0.5, 0.6) is 0 Å². The van der Waals surface area contributed by atoms with Crippen molar-refractivity contribution in [1.29, 1.82) is 0 Å². The molecule has 4 nitrogen and oxygen atoms in total. The summed E-state index contributed by atoms with van der Waals surface area (Å²) in [5.41, 5.74) is 3.59. The third kappa shape index (κ3) is 3.48. The summed E-state index contributed by atoms with van der Waals surface area (Å²) in [6.07, 6.45) is 3.26. The van der Waals surface area contributed by atoms with Gasteiger partial charge in [0.2, 0.25) is 11.8 Å². The minimum atomic E-state index is -0.156. The predicted molar refractivity (Wildman–Crippen MR) is 105 cm³/mol. The first-order chi connectivity index (χ1) is 13.1. The number of hydrogen-bond acceptors (Lipinski definition) is 2. The van der Waals surface area contributed by atoms with Crippen LogP contribution in [-0.4, -0.2) is 34.7 Å². The van der Waals surface area contributed by atoms with Gasteiger partial charge in [0, 0.05) is 20.0 Å². The Balaban J connectivity index is 1.58. The molecule has 2 aromatic rings. The summed E-state index contributed by atoms with van der Waals surface area (Å²) in [5, 5.41) is 0. The van der Waals surface area contributed by atoms with Crippen molar-refractivity contribution in [3.8, 4) is 0 Å². The topological polar surface area (TPSA) is 40.6 Å². The molecule has 2 atom stereocenters. The maximum absolute atomic E-state index is 13.3. The second-order valence-corrected chi connectivity index (χ2v) is 7.54. The Kier molecular flexibility index (Phi) is 4.97. The molecule has 0 aliphatic carbocycles. The molecule has 2 heterocycles. The first-order valence-corrected chi connectivity index (χ1v) is 9.84. The molecular formula is C23H26N2O2. The number of carbonyl (C=O) groups is 2. The zero-order valence-electron chi connectivity index (χ0n) is 15.8. The van der Waals surface area contributed by atoms with E-state index in [-0.39, 0.29) is 23.9 Å². The summed E-state index contributed by atoms with van der Waals surface area (Å²) in [6.45, 7) is 3.09. The molecule has 0 bridgehead atoms. The number of carbonyl (C=O) groups excluding carboxylic acids is 2. The van der Waals surface area contributed by atoms with E-state index in [9.17, 15) is 9.59 Å². The molecule has 2 aromatic carbocycles. The van der Waals surface area contributed by atoms with Crippen LogP contribution in [0, 0.1) is 0 Å². The lowest BCUT2D eigenvalue weighted by molar-refractivity contribution is -0.137. The van der Waals surface area contributed by atoms with Gasteiger partial charge >= 0.3 is 0 Å². The lowest BCUT2D eigenvalue weighted by Crippen LogP contribution is -2.42. The van der Waals surface area contributed by atoms with Gasteiger partial charge in [-0.3, -0.25) is 9.59 Å². The van der Waals surface area contributed by atoms with Crippen LogP contribution >= 0.6 is 0 Å². The molecule has 0 spiro atoms. The van der Waals surface area contributed by atoms with E-state index < -0.39 is 0 Å². The van der Waals surface area contributed by atoms with Crippen LogP contribution in [0.15, 0.2) is 54.6 Å². The number of fused-ring (bicyclic) bond motifs is 1. The highest BCUT2D eigenvalue weighted by Crippen LogP contribution is 2.36. The Morgan fingerprint density at radius 1 is 0.963 bits per heavy atom. The van der Waals surface area contributed by atoms with Crippen LogP contribution in [0.1, 0.15) is 55.0 Å². The van der Waals surface area contributed by atoms with Crippen molar-refractivity contribution in [2.45, 2.75) is 44.7 Å². The SMILES string of the molecule is CC(=O)N1CCc2ccccc2C1CC(=O)N1CCCC1c1ccccc1. The van der Waals surface area contributed by atoms with Gasteiger partial charge in [0.1, 0.15) is 0 Å². The van der Waals surface area contributed by atoms with Crippen LogP contribution in [0.4, 0.5) is 0 Å². The van der Waals surface area contributed by atoms with Gasteiger partial charge in [0.05, 0.1) is 18.5 Å². The number of nitrogens with zero attached hydrogens (tertiary/aromatic N) is 2. The largest absolute Gasteiger partial charge is 0.336 e. The Morgan fingerprint density at radius 2 is 1.70 bits per heavy atom. The molecule has 1 fully saturated rings. The molecule has 2 aliphatic rings. The van der Waals surface area contributed by atoms with Crippen molar-refractivity contribution in [2.24, 2.45) is 0 Å². The van der Waals surface area contributed by atoms with Crippen molar-refractivity contribution >= 4 is 11.8 Å². The Hall–Kier alpha value is -2.62. The number of likely N-dealkylation sites (tertiary alicyclic amines) is 1. The minimum Gasteiger partial charge on any atom is -0.336 e. The van der Waals surface area contributed by atoms with Crippen LogP contribution < -0.4 is 0 Å². The maximum atomic E-state index is 13.3. The molecule has 0 N–H and O–H groups in total. The monoisotopic (exact) mass is 362 g/mol. The van der Waals surface area contributed by atoms with E-state index in [1.807, 2.05) is 40.1 Å². The van der Waals surface area contributed by atoms with Crippen molar-refractivity contribution in [3.05, 3.63) is 71.3 Å². The first-order valence-electron chi connectivity index (χ1n) is 9.84. The molecule has 1 saturated heterocycles. The molecule has 2 amide bonds. The first kappa shape index (κ1) is 17.8. The molecule has 2 aliphatic heterocycles. The van der Waals surface area contributed by atoms with Crippen molar-refractivity contribution < 1.29 is 9.59 Å². The maximum Gasteiger partial charge on any atom is 0.225 e. The normalized spacial score (nSPS) is 21.8. The molecule has 4 heteroatoms. The van der Waals surface area contributed by atoms with Gasteiger partial charge in [-0.15, -0.1) is 0 Å². The predicted octanol–water partition coefficient (Wildman–Crippen LogP) is 3.89. The van der Waals surface area contributed by atoms with Gasteiger partial charge in [0.15, 0.2) is 0 Å². The fourth-order valence-electron chi connectivity index (χ4n) is 4.62. The fraction of sp³-hybridized carbons (Fsp3) is 0.391. The standard InChI is InChI=1S/C23H26N2O2/c1-17(26)24-15-13-18-8-5-6-11-20(18)22(24)16-23(27)25-14-7-12-21(25)19-9-3-2-4-10-19/h2-6,8-11,21-22H,7,12-16H2,1H3. The number of amides is 2. The molecule has 140 valence electrons. The highest BCUT2D eigenvalue weighted by atomic mass is 16.2.